The quantitative estimate of drug-likeness (QED) is 0.467. The summed E-state index contributed by atoms with van der Waals surface area (Å²) in [7, 11) is -4.17. The van der Waals surface area contributed by atoms with E-state index in [1.165, 1.54) is 11.3 Å². The molecule has 0 N–H and O–H groups in total. The van der Waals surface area contributed by atoms with E-state index in [0.717, 1.165) is 0 Å². The third kappa shape index (κ3) is 4.26. The molecule has 1 aromatic heterocycles. The van der Waals surface area contributed by atoms with Gasteiger partial charge in [-0.2, -0.15) is 0 Å². The van der Waals surface area contributed by atoms with Crippen LogP contribution < -0.4 is 60.9 Å². The number of ether oxygens (including phenoxy) is 2. The molecule has 8 heteroatoms. The molecule has 2 heterocycles. The molecule has 0 spiro atoms. The van der Waals surface area contributed by atoms with Crippen molar-refractivity contribution in [1.29, 1.82) is 0 Å². The first-order valence-corrected chi connectivity index (χ1v) is 6.86. The average molecular weight is 288 g/mol. The molecule has 0 saturated heterocycles. The van der Waals surface area contributed by atoms with Crippen LogP contribution in [0.15, 0.2) is 10.8 Å². The fourth-order valence-electron chi connectivity index (χ4n) is 1.28. The molecule has 5 nitrogen and oxygen atoms in total. The molecule has 1 aliphatic rings. The number of rotatable bonds is 3. The number of hydrogen-bond acceptors (Lipinski definition) is 6. The molecule has 0 bridgehead atoms. The van der Waals surface area contributed by atoms with Gasteiger partial charge in [0.25, 0.3) is 0 Å². The monoisotopic (exact) mass is 288 g/mol. The van der Waals surface area contributed by atoms with Gasteiger partial charge in [0.2, 0.25) is 0 Å². The van der Waals surface area contributed by atoms with E-state index in [9.17, 15) is 13.0 Å². The maximum atomic E-state index is 10.4. The Balaban J connectivity index is 0.00000128. The van der Waals surface area contributed by atoms with E-state index in [0.29, 0.717) is 18.1 Å². The third-order valence-electron chi connectivity index (χ3n) is 2.00. The molecule has 2 rings (SSSR count). The van der Waals surface area contributed by atoms with Gasteiger partial charge < -0.3 is 14.0 Å². The Bertz CT molecular complexity index is 441. The van der Waals surface area contributed by atoms with Gasteiger partial charge in [-0.15, -0.1) is 11.3 Å². The minimum Gasteiger partial charge on any atom is -0.748 e. The number of thiophene rings is 1. The summed E-state index contributed by atoms with van der Waals surface area (Å²) in [6.07, 6.45) is -0.183. The summed E-state index contributed by atoms with van der Waals surface area (Å²) in [6.45, 7) is 0.291. The second-order valence-electron chi connectivity index (χ2n) is 3.20. The van der Waals surface area contributed by atoms with Crippen LogP contribution in [0.1, 0.15) is 6.42 Å². The second-order valence-corrected chi connectivity index (χ2v) is 5.47. The molecule has 0 fully saturated rings. The normalized spacial score (nSPS) is 18.9. The van der Waals surface area contributed by atoms with Crippen LogP contribution in [0, 0.1) is 0 Å². The van der Waals surface area contributed by atoms with Crippen LogP contribution in [0.2, 0.25) is 0 Å². The Morgan fingerprint density at radius 3 is 2.81 bits per heavy atom. The first kappa shape index (κ1) is 14.9. The van der Waals surface area contributed by atoms with Crippen molar-refractivity contribution in [3.8, 4) is 11.5 Å². The maximum Gasteiger partial charge on any atom is 1.00 e. The van der Waals surface area contributed by atoms with E-state index >= 15 is 0 Å². The van der Waals surface area contributed by atoms with Crippen LogP contribution in [-0.2, 0) is 10.1 Å². The Kier molecular flexibility index (Phi) is 5.72. The van der Waals surface area contributed by atoms with Crippen molar-refractivity contribution in [2.75, 3.05) is 12.4 Å². The van der Waals surface area contributed by atoms with Gasteiger partial charge in [-0.05, 0) is 0 Å². The van der Waals surface area contributed by atoms with E-state index in [2.05, 4.69) is 0 Å². The fraction of sp³-hybridized carbons (Fsp3) is 0.500. The van der Waals surface area contributed by atoms with E-state index < -0.39 is 15.9 Å². The smallest absolute Gasteiger partial charge is 0.748 e. The van der Waals surface area contributed by atoms with Gasteiger partial charge in [0.1, 0.15) is 12.7 Å². The first-order chi connectivity index (χ1) is 7.04. The van der Waals surface area contributed by atoms with E-state index in [1.807, 2.05) is 5.38 Å². The van der Waals surface area contributed by atoms with Crippen molar-refractivity contribution in [3.05, 3.63) is 10.8 Å². The summed E-state index contributed by atoms with van der Waals surface area (Å²) in [5.41, 5.74) is 0. The third-order valence-corrected chi connectivity index (χ3v) is 3.44. The molecule has 0 saturated carbocycles. The van der Waals surface area contributed by atoms with Gasteiger partial charge in [0.15, 0.2) is 11.5 Å². The van der Waals surface area contributed by atoms with Crippen molar-refractivity contribution in [1.82, 2.24) is 0 Å². The summed E-state index contributed by atoms with van der Waals surface area (Å²) >= 11 is 1.45. The van der Waals surface area contributed by atoms with E-state index in [-0.39, 0.29) is 63.9 Å². The van der Waals surface area contributed by atoms with Crippen LogP contribution in [-0.4, -0.2) is 31.4 Å². The predicted molar refractivity (Wildman–Crippen MR) is 53.4 cm³/mol. The van der Waals surface area contributed by atoms with Gasteiger partial charge in [0, 0.05) is 22.9 Å². The molecule has 0 aliphatic carbocycles. The number of hydrogen-bond donors (Lipinski definition) is 0. The van der Waals surface area contributed by atoms with Crippen LogP contribution in [0.25, 0.3) is 0 Å². The SMILES string of the molecule is O=S(=O)([O-])CCC1COc2cscc2O1.[K+]. The Morgan fingerprint density at radius 2 is 2.12 bits per heavy atom. The zero-order valence-corrected chi connectivity index (χ0v) is 13.5. The van der Waals surface area contributed by atoms with E-state index in [4.69, 9.17) is 9.47 Å². The zero-order chi connectivity index (χ0) is 10.9. The molecule has 0 radical (unpaired) electrons. The minimum atomic E-state index is -4.17. The summed E-state index contributed by atoms with van der Waals surface area (Å²) in [5.74, 6) is 0.890. The van der Waals surface area contributed by atoms with Gasteiger partial charge in [0.05, 0.1) is 10.1 Å². The predicted octanol–water partition coefficient (Wildman–Crippen LogP) is -2.17. The molecule has 0 amide bonds. The Hall–Kier alpha value is 0.846. The van der Waals surface area contributed by atoms with Crippen LogP contribution >= 0.6 is 11.3 Å². The molecular weight excluding hydrogens is 279 g/mol. The van der Waals surface area contributed by atoms with Gasteiger partial charge >= 0.3 is 51.4 Å². The van der Waals surface area contributed by atoms with Crippen LogP contribution in [0.5, 0.6) is 11.5 Å². The molecule has 1 unspecified atom stereocenters. The van der Waals surface area contributed by atoms with E-state index in [1.54, 1.807) is 5.38 Å². The van der Waals surface area contributed by atoms with Gasteiger partial charge in [-0.25, -0.2) is 8.42 Å². The summed E-state index contributed by atoms with van der Waals surface area (Å²) < 4.78 is 42.0. The fourth-order valence-corrected chi connectivity index (χ4v) is 2.50. The molecule has 16 heavy (non-hydrogen) atoms. The molecule has 0 aromatic carbocycles. The van der Waals surface area contributed by atoms with Crippen LogP contribution in [0.3, 0.4) is 0 Å². The Labute approximate surface area is 140 Å². The molecular formula is C8H9KO5S2. The van der Waals surface area contributed by atoms with Crippen molar-refractivity contribution in [2.45, 2.75) is 12.5 Å². The molecule has 1 atom stereocenters. The average Bonchev–Trinajstić information content (AvgIpc) is 2.60. The first-order valence-electron chi connectivity index (χ1n) is 4.34. The van der Waals surface area contributed by atoms with Gasteiger partial charge in [-0.1, -0.05) is 0 Å². The summed E-state index contributed by atoms with van der Waals surface area (Å²) in [5, 5.41) is 3.60. The van der Waals surface area contributed by atoms with Crippen LogP contribution in [0.4, 0.5) is 0 Å². The summed E-state index contributed by atoms with van der Waals surface area (Å²) in [6, 6.07) is 0. The molecule has 84 valence electrons. The van der Waals surface area contributed by atoms with Crippen molar-refractivity contribution in [3.63, 3.8) is 0 Å². The van der Waals surface area contributed by atoms with Crippen molar-refractivity contribution >= 4 is 21.5 Å². The number of fused-ring (bicyclic) bond motifs is 1. The maximum absolute atomic E-state index is 10.4. The minimum absolute atomic E-state index is 0. The zero-order valence-electron chi connectivity index (χ0n) is 8.71. The second kappa shape index (κ2) is 6.14. The van der Waals surface area contributed by atoms with Crippen molar-refractivity contribution < 1.29 is 73.8 Å². The summed E-state index contributed by atoms with van der Waals surface area (Å²) in [4.78, 5) is 0. The molecule has 1 aromatic rings. The van der Waals surface area contributed by atoms with Crippen molar-refractivity contribution in [2.24, 2.45) is 0 Å². The largest absolute Gasteiger partial charge is 1.00 e. The molecule has 1 aliphatic heterocycles. The van der Waals surface area contributed by atoms with Gasteiger partial charge in [-0.3, -0.25) is 0 Å². The Morgan fingerprint density at radius 1 is 1.44 bits per heavy atom. The standard InChI is InChI=1S/C8H10O5S2.K/c9-15(10,11)2-1-6-3-12-7-4-14-5-8(7)13-6;/h4-6H,1-3H2,(H,9,10,11);/q;+1/p-1. The topological polar surface area (TPSA) is 75.7 Å².